The largest absolute Gasteiger partial charge is 0.478 e. The molecule has 19 heavy (non-hydrogen) atoms. The highest BCUT2D eigenvalue weighted by molar-refractivity contribution is 7.60. The zero-order chi connectivity index (χ0) is 14.5. The third-order valence-electron chi connectivity index (χ3n) is 1.48. The van der Waals surface area contributed by atoms with Crippen LogP contribution in [-0.2, 0) is 13.4 Å². The maximum absolute atomic E-state index is 9.63. The molecule has 0 aliphatic carbocycles. The first-order valence-corrected chi connectivity index (χ1v) is 7.56. The van der Waals surface area contributed by atoms with Crippen LogP contribution in [0.25, 0.3) is 11.0 Å². The molecule has 0 saturated heterocycles. The summed E-state index contributed by atoms with van der Waals surface area (Å²) in [5, 5.41) is 0. The van der Waals surface area contributed by atoms with Gasteiger partial charge in [-0.3, -0.25) is 15.0 Å². The third kappa shape index (κ3) is 7.04. The summed E-state index contributed by atoms with van der Waals surface area (Å²) < 4.78 is 22.2. The molecule has 2 rings (SSSR count). The first-order valence-electron chi connectivity index (χ1n) is 4.50. The molecule has 0 aliphatic rings. The highest BCUT2D eigenvalue weighted by atomic mass is 31.3. The minimum absolute atomic E-state index is 0.838. The summed E-state index contributed by atoms with van der Waals surface area (Å²) in [6, 6.07) is 1.84. The summed E-state index contributed by atoms with van der Waals surface area (Å²) in [4.78, 5) is 43.0. The molecule has 0 aromatic carbocycles. The van der Waals surface area contributed by atoms with Crippen molar-refractivity contribution < 1.29 is 33.0 Å². The van der Waals surface area contributed by atoms with Crippen LogP contribution in [-0.4, -0.2) is 34.5 Å². The third-order valence-corrected chi connectivity index (χ3v) is 3.19. The van der Waals surface area contributed by atoms with Crippen LogP contribution in [0, 0.1) is 0 Å². The van der Waals surface area contributed by atoms with Crippen LogP contribution in [0.15, 0.2) is 30.9 Å². The molecule has 0 atom stereocenters. The van der Waals surface area contributed by atoms with Gasteiger partial charge in [-0.1, -0.05) is 0 Å². The van der Waals surface area contributed by atoms with Crippen LogP contribution in [0.5, 0.6) is 0 Å². The van der Waals surface area contributed by atoms with Gasteiger partial charge < -0.3 is 19.6 Å². The lowest BCUT2D eigenvalue weighted by Gasteiger charge is -2.03. The number of pyridine rings is 1. The van der Waals surface area contributed by atoms with Gasteiger partial charge in [0.1, 0.15) is 5.52 Å². The van der Waals surface area contributed by atoms with Gasteiger partial charge in [0.25, 0.3) is 0 Å². The zero-order valence-corrected chi connectivity index (χ0v) is 10.9. The molecule has 0 bridgehead atoms. The van der Waals surface area contributed by atoms with Gasteiger partial charge in [-0.05, 0) is 6.07 Å². The molecule has 0 radical (unpaired) electrons. The van der Waals surface area contributed by atoms with E-state index < -0.39 is 15.6 Å². The molecule has 0 unspecified atom stereocenters. The van der Waals surface area contributed by atoms with Crippen LogP contribution in [0.4, 0.5) is 0 Å². The molecular formula is C7H9N3O7P2. The summed E-state index contributed by atoms with van der Waals surface area (Å²) in [5.74, 6) is 0. The van der Waals surface area contributed by atoms with E-state index in [0.29, 0.717) is 0 Å². The van der Waals surface area contributed by atoms with Crippen molar-refractivity contribution in [3.63, 3.8) is 0 Å². The predicted octanol–water partition coefficient (Wildman–Crippen LogP) is 0.213. The van der Waals surface area contributed by atoms with Gasteiger partial charge in [0.2, 0.25) is 0 Å². The Morgan fingerprint density at radius 2 is 1.42 bits per heavy atom. The SMILES string of the molecule is O=P(O)(O)OP(=O)(O)O.c1cc2nccnc2cn1. The fourth-order valence-corrected chi connectivity index (χ4v) is 2.06. The minimum atomic E-state index is -5.05. The molecule has 0 fully saturated rings. The normalized spacial score (nSPS) is 11.8. The van der Waals surface area contributed by atoms with Crippen LogP contribution in [0.3, 0.4) is 0 Å². The van der Waals surface area contributed by atoms with Crippen molar-refractivity contribution in [1.29, 1.82) is 0 Å². The average molecular weight is 309 g/mol. The molecule has 0 saturated carbocycles. The van der Waals surface area contributed by atoms with E-state index in [0.717, 1.165) is 11.0 Å². The Bertz CT molecular complexity index is 554. The molecular weight excluding hydrogens is 300 g/mol. The van der Waals surface area contributed by atoms with E-state index in [-0.39, 0.29) is 0 Å². The molecule has 0 aliphatic heterocycles. The number of hydrogen-bond acceptors (Lipinski definition) is 6. The van der Waals surface area contributed by atoms with E-state index >= 15 is 0 Å². The molecule has 104 valence electrons. The molecule has 10 nitrogen and oxygen atoms in total. The highest BCUT2D eigenvalue weighted by Gasteiger charge is 2.27. The molecule has 12 heteroatoms. The summed E-state index contributed by atoms with van der Waals surface area (Å²) in [7, 11) is -10.1. The topological polar surface area (TPSA) is 163 Å². The Labute approximate surface area is 106 Å². The first-order chi connectivity index (χ1) is 8.67. The van der Waals surface area contributed by atoms with Gasteiger partial charge in [-0.15, -0.1) is 0 Å². The second-order valence-corrected chi connectivity index (χ2v) is 5.60. The summed E-state index contributed by atoms with van der Waals surface area (Å²) in [5.41, 5.74) is 1.72. The monoisotopic (exact) mass is 309 g/mol. The van der Waals surface area contributed by atoms with Crippen LogP contribution in [0.2, 0.25) is 0 Å². The van der Waals surface area contributed by atoms with Crippen LogP contribution in [0.1, 0.15) is 0 Å². The molecule has 4 N–H and O–H groups in total. The van der Waals surface area contributed by atoms with E-state index in [9.17, 15) is 9.13 Å². The maximum atomic E-state index is 9.63. The Morgan fingerprint density at radius 3 is 1.84 bits per heavy atom. The lowest BCUT2D eigenvalue weighted by molar-refractivity contribution is 0.225. The Kier molecular flexibility index (Phi) is 5.21. The number of phosphoric acid groups is 2. The second-order valence-electron chi connectivity index (χ2n) is 2.98. The molecule has 0 spiro atoms. The minimum Gasteiger partial charge on any atom is -0.302 e. The molecule has 2 heterocycles. The number of rotatable bonds is 2. The van der Waals surface area contributed by atoms with Gasteiger partial charge in [0, 0.05) is 18.6 Å². The predicted molar refractivity (Wildman–Crippen MR) is 62.5 cm³/mol. The summed E-state index contributed by atoms with van der Waals surface area (Å²) in [6.45, 7) is 0. The van der Waals surface area contributed by atoms with E-state index in [1.54, 1.807) is 24.8 Å². The number of fused-ring (bicyclic) bond motifs is 1. The van der Waals surface area contributed by atoms with Crippen molar-refractivity contribution in [3.8, 4) is 0 Å². The van der Waals surface area contributed by atoms with Crippen molar-refractivity contribution in [3.05, 3.63) is 30.9 Å². The number of hydrogen-bond donors (Lipinski definition) is 4. The average Bonchev–Trinajstić information content (AvgIpc) is 2.25. The van der Waals surface area contributed by atoms with E-state index in [1.165, 1.54) is 0 Å². The summed E-state index contributed by atoms with van der Waals surface area (Å²) in [6.07, 6.45) is 6.73. The van der Waals surface area contributed by atoms with Crippen molar-refractivity contribution >= 4 is 26.7 Å². The lowest BCUT2D eigenvalue weighted by Crippen LogP contribution is -1.84. The Morgan fingerprint density at radius 1 is 0.895 bits per heavy atom. The number of aromatic nitrogens is 3. The maximum Gasteiger partial charge on any atom is 0.478 e. The smallest absolute Gasteiger partial charge is 0.302 e. The van der Waals surface area contributed by atoms with Crippen molar-refractivity contribution in [2.24, 2.45) is 0 Å². The van der Waals surface area contributed by atoms with Crippen molar-refractivity contribution in [2.45, 2.75) is 0 Å². The fourth-order valence-electron chi connectivity index (χ4n) is 0.953. The van der Waals surface area contributed by atoms with Crippen LogP contribution >= 0.6 is 15.6 Å². The van der Waals surface area contributed by atoms with Gasteiger partial charge in [0.15, 0.2) is 0 Å². The highest BCUT2D eigenvalue weighted by Crippen LogP contribution is 2.53. The quantitative estimate of drug-likeness (QED) is 0.564. The zero-order valence-electron chi connectivity index (χ0n) is 9.14. The standard InChI is InChI=1S/C7H5N3.H4O7P2/c1-2-8-5-7-6(1)9-3-4-10-7;1-8(2,3)7-9(4,5)6/h1-5H;(H2,1,2,3)(H2,4,5,6). The van der Waals surface area contributed by atoms with E-state index in [2.05, 4.69) is 19.3 Å². The van der Waals surface area contributed by atoms with E-state index in [4.69, 9.17) is 19.6 Å². The Hall–Kier alpha value is -1.25. The second kappa shape index (κ2) is 6.27. The van der Waals surface area contributed by atoms with E-state index in [1.807, 2.05) is 6.07 Å². The van der Waals surface area contributed by atoms with Crippen LogP contribution < -0.4 is 0 Å². The van der Waals surface area contributed by atoms with Gasteiger partial charge >= 0.3 is 15.6 Å². The molecule has 0 amide bonds. The lowest BCUT2D eigenvalue weighted by atomic mass is 10.4. The fraction of sp³-hybridized carbons (Fsp3) is 0. The number of nitrogens with zero attached hydrogens (tertiary/aromatic N) is 3. The summed E-state index contributed by atoms with van der Waals surface area (Å²) >= 11 is 0. The molecule has 2 aromatic heterocycles. The van der Waals surface area contributed by atoms with Crippen molar-refractivity contribution in [2.75, 3.05) is 0 Å². The molecule has 2 aromatic rings. The van der Waals surface area contributed by atoms with Gasteiger partial charge in [-0.25, -0.2) is 9.13 Å². The Balaban J connectivity index is 0.000000192. The van der Waals surface area contributed by atoms with Gasteiger partial charge in [-0.2, -0.15) is 4.31 Å². The van der Waals surface area contributed by atoms with Crippen molar-refractivity contribution in [1.82, 2.24) is 15.0 Å². The first kappa shape index (κ1) is 15.8. The van der Waals surface area contributed by atoms with Gasteiger partial charge in [0.05, 0.1) is 11.7 Å².